The number of rotatable bonds is 37. The highest BCUT2D eigenvalue weighted by atomic mass is 16.7. The van der Waals surface area contributed by atoms with Crippen LogP contribution < -0.4 is 54.4 Å². The molecule has 0 aromatic rings. The molecule has 0 spiro atoms. The van der Waals surface area contributed by atoms with E-state index in [1.165, 1.54) is 0 Å². The van der Waals surface area contributed by atoms with Crippen molar-refractivity contribution in [2.45, 2.75) is 205 Å². The van der Waals surface area contributed by atoms with E-state index >= 15 is 0 Å². The predicted octanol–water partition coefficient (Wildman–Crippen LogP) is -2.69. The molecule has 0 radical (unpaired) electrons. The smallest absolute Gasteiger partial charge is 0.305 e. The first-order valence-electron chi connectivity index (χ1n) is 25.6. The summed E-state index contributed by atoms with van der Waals surface area (Å²) in [5, 5.41) is 68.9. The number of carbonyl (C=O) groups is 9. The fourth-order valence-electron chi connectivity index (χ4n) is 7.99. The summed E-state index contributed by atoms with van der Waals surface area (Å²) in [5.41, 5.74) is 17.6. The topological polar surface area (TPSA) is 436 Å². The zero-order valence-electron chi connectivity index (χ0n) is 44.1. The number of aliphatic hydroxyl groups excluding tert-OH is 3. The minimum Gasteiger partial charge on any atom is -0.481 e. The molecule has 1 saturated heterocycles. The summed E-state index contributed by atoms with van der Waals surface area (Å²) < 4.78 is 11.6. The molecule has 7 amide bonds. The summed E-state index contributed by atoms with van der Waals surface area (Å²) in [6.07, 6.45) is -7.07. The summed E-state index contributed by atoms with van der Waals surface area (Å²) in [7, 11) is 0. The molecule has 26 heteroatoms. The lowest BCUT2D eigenvalue weighted by molar-refractivity contribution is -0.271. The van der Waals surface area contributed by atoms with Gasteiger partial charge in [0.2, 0.25) is 41.4 Å². The normalized spacial score (nSPS) is 20.5. The molecule has 0 aliphatic carbocycles. The summed E-state index contributed by atoms with van der Waals surface area (Å²) in [6.45, 7) is 11.1. The van der Waals surface area contributed by atoms with Crippen LogP contribution in [0, 0.1) is 17.8 Å². The van der Waals surface area contributed by atoms with Crippen LogP contribution in [0.15, 0.2) is 0 Å². The quantitative estimate of drug-likeness (QED) is 0.0301. The third-order valence-corrected chi connectivity index (χ3v) is 12.5. The Kier molecular flexibility index (Phi) is 31.9. The second-order valence-corrected chi connectivity index (χ2v) is 20.2. The van der Waals surface area contributed by atoms with Gasteiger partial charge in [-0.05, 0) is 62.9 Å². The van der Waals surface area contributed by atoms with Gasteiger partial charge >= 0.3 is 11.9 Å². The van der Waals surface area contributed by atoms with Gasteiger partial charge in [-0.3, -0.25) is 43.2 Å². The first kappa shape index (κ1) is 66.9. The van der Waals surface area contributed by atoms with Gasteiger partial charge in [0.1, 0.15) is 24.4 Å². The summed E-state index contributed by atoms with van der Waals surface area (Å²) >= 11 is 0. The van der Waals surface area contributed by atoms with Gasteiger partial charge in [0.05, 0.1) is 25.7 Å². The molecule has 1 fully saturated rings. The largest absolute Gasteiger partial charge is 0.481 e. The zero-order valence-corrected chi connectivity index (χ0v) is 44.1. The highest BCUT2D eigenvalue weighted by Gasteiger charge is 2.45. The van der Waals surface area contributed by atoms with Gasteiger partial charge in [0.15, 0.2) is 6.29 Å². The molecule has 1 aliphatic heterocycles. The Morgan fingerprint density at radius 1 is 0.554 bits per heavy atom. The lowest BCUT2D eigenvalue weighted by Gasteiger charge is -2.42. The van der Waals surface area contributed by atoms with Crippen LogP contribution in [0.1, 0.15) is 132 Å². The van der Waals surface area contributed by atoms with E-state index in [-0.39, 0.29) is 74.8 Å². The third-order valence-electron chi connectivity index (χ3n) is 12.5. The van der Waals surface area contributed by atoms with Crippen LogP contribution in [-0.2, 0) is 52.6 Å². The van der Waals surface area contributed by atoms with Gasteiger partial charge in [-0.2, -0.15) is 0 Å². The number of nitrogens with one attached hydrogen (secondary N) is 7. The number of hydrogen-bond donors (Lipinski definition) is 15. The molecular weight excluding hydrogens is 973 g/mol. The predicted molar refractivity (Wildman–Crippen MR) is 269 cm³/mol. The molecular formula is C48H88N10O16. The van der Waals surface area contributed by atoms with Gasteiger partial charge < -0.3 is 89.4 Å². The average Bonchev–Trinajstić information content (AvgIpc) is 3.29. The molecule has 0 aromatic heterocycles. The minimum absolute atomic E-state index is 0.0649. The van der Waals surface area contributed by atoms with Crippen molar-refractivity contribution >= 4 is 53.3 Å². The Balaban J connectivity index is 3.36. The van der Waals surface area contributed by atoms with Gasteiger partial charge in [0, 0.05) is 88.1 Å². The maximum atomic E-state index is 13.9. The minimum atomic E-state index is -1.69. The Morgan fingerprint density at radius 3 is 1.39 bits per heavy atom. The molecule has 0 bridgehead atoms. The van der Waals surface area contributed by atoms with Crippen LogP contribution in [0.2, 0.25) is 0 Å². The number of amides is 7. The maximum absolute atomic E-state index is 13.9. The Hall–Kier alpha value is -5.09. The molecule has 74 heavy (non-hydrogen) atoms. The van der Waals surface area contributed by atoms with E-state index in [1.54, 1.807) is 27.7 Å². The summed E-state index contributed by atoms with van der Waals surface area (Å²) in [4.78, 5) is 116. The number of nitrogens with two attached hydrogens (primary N) is 3. The van der Waals surface area contributed by atoms with Crippen molar-refractivity contribution in [3.63, 3.8) is 0 Å². The van der Waals surface area contributed by atoms with Crippen molar-refractivity contribution in [3.8, 4) is 0 Å². The van der Waals surface area contributed by atoms with Gasteiger partial charge in [-0.25, -0.2) is 0 Å². The fraction of sp³-hybridized carbons (Fsp3) is 0.812. The second-order valence-electron chi connectivity index (χ2n) is 20.2. The number of ether oxygens (including phenoxy) is 2. The number of carboxylic acids is 2. The summed E-state index contributed by atoms with van der Waals surface area (Å²) in [5.74, 6) is -6.95. The molecule has 1 rings (SSSR count). The van der Waals surface area contributed by atoms with Crippen LogP contribution >= 0.6 is 0 Å². The van der Waals surface area contributed by atoms with E-state index in [4.69, 9.17) is 26.7 Å². The van der Waals surface area contributed by atoms with Crippen molar-refractivity contribution < 1.29 is 78.2 Å². The highest BCUT2D eigenvalue weighted by Crippen LogP contribution is 2.23. The van der Waals surface area contributed by atoms with Crippen LogP contribution in [0.5, 0.6) is 0 Å². The zero-order chi connectivity index (χ0) is 56.2. The SMILES string of the molecule is CC(=O)N[C@H]1[C@@H](OC[C@@H](CC(=O)N[C@@H](CCC(=O)O)CC(=O)N[C@H](CC(=O)O)C(C)C)NC(=O)C[C@@H](NC(=O)C[C@H](CCCN)NC(=O)C[C@H](CCCN)NC(=O)C[C@@H](N)C(C)C)C(C)C)O[C@H](CO)[C@H](O)[C@@H]1O. The number of aliphatic carboxylic acids is 2. The fourth-order valence-corrected chi connectivity index (χ4v) is 7.99. The monoisotopic (exact) mass is 1060 g/mol. The van der Waals surface area contributed by atoms with E-state index in [0.29, 0.717) is 32.2 Å². The Morgan fingerprint density at radius 2 is 0.973 bits per heavy atom. The number of aliphatic hydroxyl groups is 3. The molecule has 12 atom stereocenters. The Labute approximate surface area is 433 Å². The Bertz CT molecular complexity index is 1790. The van der Waals surface area contributed by atoms with Gasteiger partial charge in [-0.1, -0.05) is 41.5 Å². The van der Waals surface area contributed by atoms with Crippen LogP contribution in [-0.4, -0.2) is 178 Å². The molecule has 1 aliphatic rings. The van der Waals surface area contributed by atoms with Gasteiger partial charge in [0.25, 0.3) is 0 Å². The average molecular weight is 1060 g/mol. The first-order chi connectivity index (χ1) is 34.7. The van der Waals surface area contributed by atoms with E-state index in [0.717, 1.165) is 6.92 Å². The van der Waals surface area contributed by atoms with Crippen molar-refractivity contribution in [2.75, 3.05) is 26.3 Å². The highest BCUT2D eigenvalue weighted by molar-refractivity contribution is 5.84. The first-order valence-corrected chi connectivity index (χ1v) is 25.6. The molecule has 1 heterocycles. The van der Waals surface area contributed by atoms with E-state index in [2.05, 4.69) is 37.2 Å². The molecule has 0 saturated carbocycles. The van der Waals surface area contributed by atoms with Crippen molar-refractivity contribution in [3.05, 3.63) is 0 Å². The van der Waals surface area contributed by atoms with E-state index < -0.39 is 147 Å². The lowest BCUT2D eigenvalue weighted by atomic mass is 9.97. The maximum Gasteiger partial charge on any atom is 0.305 e. The molecule has 0 aromatic carbocycles. The van der Waals surface area contributed by atoms with Crippen molar-refractivity contribution in [2.24, 2.45) is 35.0 Å². The van der Waals surface area contributed by atoms with Crippen LogP contribution in [0.4, 0.5) is 0 Å². The van der Waals surface area contributed by atoms with Crippen LogP contribution in [0.25, 0.3) is 0 Å². The molecule has 26 nitrogen and oxygen atoms in total. The summed E-state index contributed by atoms with van der Waals surface area (Å²) in [6, 6.07) is -6.87. The van der Waals surface area contributed by atoms with Crippen molar-refractivity contribution in [1.82, 2.24) is 37.2 Å². The van der Waals surface area contributed by atoms with E-state index in [9.17, 15) is 68.7 Å². The van der Waals surface area contributed by atoms with Gasteiger partial charge in [-0.15, -0.1) is 0 Å². The van der Waals surface area contributed by atoms with Crippen molar-refractivity contribution in [1.29, 1.82) is 0 Å². The molecule has 0 unspecified atom stereocenters. The molecule has 426 valence electrons. The van der Waals surface area contributed by atoms with Crippen LogP contribution in [0.3, 0.4) is 0 Å². The third kappa shape index (κ3) is 27.4. The number of carboxylic acid groups (broad SMARTS) is 2. The second kappa shape index (κ2) is 35.2. The molecule has 18 N–H and O–H groups in total. The standard InChI is InChI=1S/C48H88N10O16/c1-25(2)33(51)20-41(65)54-29(10-8-14-49)16-37(61)53-30(11-9-15-50)17-39(63)57-34(26(3)4)21-42(66)56-32(24-73-48-45(52-28(7)60)47(72)46(71)36(23-59)74-48)19-38(62)55-31(12-13-43(67)68)18-40(64)58-35(27(5)6)22-44(69)70/h25-27,29-36,45-48,59,71-72H,8-24,49-51H2,1-7H3,(H,52,60)(H,53,61)(H,54,65)(H,55,62)(H,56,66)(H,57,63)(H,58,64)(H,67,68)(H,69,70)/t29-,30-,31-,32+,33+,34+,35+,36+,45+,46-,47+,48-/m0/s1. The number of hydrogen-bond acceptors (Lipinski definition) is 17. The van der Waals surface area contributed by atoms with E-state index in [1.807, 2.05) is 13.8 Å². The number of carbonyl (C=O) groups excluding carboxylic acids is 7. The lowest BCUT2D eigenvalue weighted by Crippen LogP contribution is -2.65.